The third kappa shape index (κ3) is 4.34. The van der Waals surface area contributed by atoms with Crippen molar-refractivity contribution in [2.24, 2.45) is 0 Å². The van der Waals surface area contributed by atoms with Gasteiger partial charge in [-0.1, -0.05) is 29.8 Å². The van der Waals surface area contributed by atoms with Gasteiger partial charge in [-0.25, -0.2) is 14.2 Å². The van der Waals surface area contributed by atoms with Crippen molar-refractivity contribution in [2.45, 2.75) is 0 Å². The molecule has 1 fully saturated rings. The van der Waals surface area contributed by atoms with Crippen LogP contribution >= 0.6 is 11.6 Å². The zero-order valence-corrected chi connectivity index (χ0v) is 19.5. The molecule has 0 spiro atoms. The van der Waals surface area contributed by atoms with Crippen LogP contribution in [0, 0.1) is 4.78 Å². The molecule has 3 heterocycles. The maximum Gasteiger partial charge on any atom is 0.227 e. The summed E-state index contributed by atoms with van der Waals surface area (Å²) in [5, 5.41) is 4.73. The molecule has 0 bridgehead atoms. The molecule has 1 aliphatic rings. The number of methoxy groups -OCH3 is 1. The molecule has 0 aliphatic carbocycles. The van der Waals surface area contributed by atoms with E-state index >= 15 is 0 Å². The molecule has 170 valence electrons. The Balaban J connectivity index is 1.43. The predicted octanol–water partition coefficient (Wildman–Crippen LogP) is 4.90. The molecule has 10 heteroatoms. The standard InChI is InChI=1S/C23H23ClN6O2S/c1-32-21-12-15(30-8-10-33(25,31)11-9-30)6-7-20(21)28-23-27-14-18(24)22(29-23)17-13-26-19-5-3-2-4-16(17)19/h2-7,12-14,25-26H,8-11H2,1H3,(H,27,28,29). The molecule has 3 N–H and O–H groups in total. The Bertz CT molecular complexity index is 1420. The zero-order chi connectivity index (χ0) is 23.0. The number of hydrogen-bond acceptors (Lipinski definition) is 7. The van der Waals surface area contributed by atoms with E-state index < -0.39 is 9.73 Å². The van der Waals surface area contributed by atoms with Crippen LogP contribution in [0.4, 0.5) is 17.3 Å². The maximum absolute atomic E-state index is 12.0. The van der Waals surface area contributed by atoms with E-state index in [9.17, 15) is 4.21 Å². The zero-order valence-electron chi connectivity index (χ0n) is 18.0. The summed E-state index contributed by atoms with van der Waals surface area (Å²) in [4.78, 5) is 14.4. The van der Waals surface area contributed by atoms with Crippen molar-refractivity contribution in [3.63, 3.8) is 0 Å². The summed E-state index contributed by atoms with van der Waals surface area (Å²) < 4.78 is 25.3. The van der Waals surface area contributed by atoms with Crippen LogP contribution < -0.4 is 15.0 Å². The lowest BCUT2D eigenvalue weighted by molar-refractivity contribution is 0.416. The number of H-pyrrole nitrogens is 1. The molecule has 0 radical (unpaired) electrons. The van der Waals surface area contributed by atoms with Crippen LogP contribution in [0.15, 0.2) is 54.9 Å². The number of aromatic amines is 1. The molecular weight excluding hydrogens is 460 g/mol. The van der Waals surface area contributed by atoms with Gasteiger partial charge < -0.3 is 19.9 Å². The largest absolute Gasteiger partial charge is 0.494 e. The molecular formula is C23H23ClN6O2S. The first-order valence-electron chi connectivity index (χ1n) is 10.5. The van der Waals surface area contributed by atoms with Crippen molar-refractivity contribution >= 4 is 49.6 Å². The molecule has 1 saturated heterocycles. The fourth-order valence-electron chi connectivity index (χ4n) is 3.97. The summed E-state index contributed by atoms with van der Waals surface area (Å²) in [5.74, 6) is 1.80. The van der Waals surface area contributed by atoms with E-state index in [-0.39, 0.29) is 0 Å². The quantitative estimate of drug-likeness (QED) is 0.373. The Kier molecular flexibility index (Phi) is 5.59. The fourth-order valence-corrected chi connectivity index (χ4v) is 5.40. The molecule has 5 rings (SSSR count). The Morgan fingerprint density at radius 2 is 2.00 bits per heavy atom. The van der Waals surface area contributed by atoms with Crippen molar-refractivity contribution in [2.75, 3.05) is 41.9 Å². The van der Waals surface area contributed by atoms with Gasteiger partial charge in [0.25, 0.3) is 0 Å². The van der Waals surface area contributed by atoms with Crippen molar-refractivity contribution < 1.29 is 8.95 Å². The van der Waals surface area contributed by atoms with E-state index in [2.05, 4.69) is 25.2 Å². The van der Waals surface area contributed by atoms with Gasteiger partial charge in [0.2, 0.25) is 5.95 Å². The molecule has 0 saturated carbocycles. The third-order valence-corrected chi connectivity index (χ3v) is 7.73. The molecule has 0 amide bonds. The van der Waals surface area contributed by atoms with E-state index in [4.69, 9.17) is 21.1 Å². The van der Waals surface area contributed by atoms with Crippen molar-refractivity contribution in [1.29, 1.82) is 4.78 Å². The number of nitrogens with zero attached hydrogens (tertiary/aromatic N) is 3. The molecule has 0 unspecified atom stereocenters. The van der Waals surface area contributed by atoms with Crippen LogP contribution in [0.3, 0.4) is 0 Å². The van der Waals surface area contributed by atoms with Gasteiger partial charge in [-0.3, -0.25) is 4.78 Å². The molecule has 0 atom stereocenters. The monoisotopic (exact) mass is 482 g/mol. The van der Waals surface area contributed by atoms with Gasteiger partial charge in [0.05, 0.1) is 29.7 Å². The number of benzene rings is 2. The van der Waals surface area contributed by atoms with E-state index in [1.54, 1.807) is 13.3 Å². The molecule has 2 aromatic carbocycles. The minimum Gasteiger partial charge on any atom is -0.494 e. The Labute approximate surface area is 196 Å². The highest BCUT2D eigenvalue weighted by Crippen LogP contribution is 2.35. The van der Waals surface area contributed by atoms with Gasteiger partial charge >= 0.3 is 0 Å². The second-order valence-electron chi connectivity index (χ2n) is 7.85. The smallest absolute Gasteiger partial charge is 0.227 e. The second-order valence-corrected chi connectivity index (χ2v) is 10.7. The van der Waals surface area contributed by atoms with E-state index in [1.807, 2.05) is 48.7 Å². The van der Waals surface area contributed by atoms with Gasteiger partial charge in [-0.2, -0.15) is 0 Å². The summed E-state index contributed by atoms with van der Waals surface area (Å²) in [5.41, 5.74) is 4.22. The lowest BCUT2D eigenvalue weighted by Gasteiger charge is -2.30. The van der Waals surface area contributed by atoms with Crippen LogP contribution in [-0.2, 0) is 9.73 Å². The van der Waals surface area contributed by atoms with Crippen molar-refractivity contribution in [1.82, 2.24) is 15.0 Å². The van der Waals surface area contributed by atoms with Gasteiger partial charge in [-0.05, 0) is 18.2 Å². The topological polar surface area (TPSA) is 107 Å². The number of halogens is 1. The molecule has 33 heavy (non-hydrogen) atoms. The summed E-state index contributed by atoms with van der Waals surface area (Å²) >= 11 is 6.45. The lowest BCUT2D eigenvalue weighted by atomic mass is 10.1. The molecule has 4 aromatic rings. The number of ether oxygens (including phenoxy) is 1. The molecule has 8 nitrogen and oxygen atoms in total. The first kappa shape index (κ1) is 21.5. The minimum atomic E-state index is -2.44. The number of anilines is 3. The highest BCUT2D eigenvalue weighted by Gasteiger charge is 2.20. The number of fused-ring (bicyclic) bond motifs is 1. The SMILES string of the molecule is COc1cc(N2CCS(=N)(=O)CC2)ccc1Nc1ncc(Cl)c(-c2c[nH]c3ccccc23)n1. The average Bonchev–Trinajstić information content (AvgIpc) is 3.25. The normalized spacial score (nSPS) is 15.5. The first-order valence-corrected chi connectivity index (χ1v) is 12.7. The molecule has 2 aromatic heterocycles. The average molecular weight is 483 g/mol. The van der Waals surface area contributed by atoms with Crippen molar-refractivity contribution in [3.05, 3.63) is 59.9 Å². The van der Waals surface area contributed by atoms with Crippen molar-refractivity contribution in [3.8, 4) is 17.0 Å². The number of nitrogens with one attached hydrogen (secondary N) is 3. The summed E-state index contributed by atoms with van der Waals surface area (Å²) in [6.07, 6.45) is 3.48. The first-order chi connectivity index (χ1) is 15.9. The Morgan fingerprint density at radius 1 is 1.21 bits per heavy atom. The Morgan fingerprint density at radius 3 is 2.79 bits per heavy atom. The van der Waals surface area contributed by atoms with Gasteiger partial charge in [-0.15, -0.1) is 0 Å². The minimum absolute atomic E-state index is 0.380. The second kappa shape index (κ2) is 8.57. The predicted molar refractivity (Wildman–Crippen MR) is 133 cm³/mol. The molecule has 1 aliphatic heterocycles. The summed E-state index contributed by atoms with van der Waals surface area (Å²) in [7, 11) is -0.835. The maximum atomic E-state index is 12.0. The van der Waals surface area contributed by atoms with E-state index in [1.165, 1.54) is 0 Å². The number of aromatic nitrogens is 3. The van der Waals surface area contributed by atoms with Gasteiger partial charge in [0.1, 0.15) is 5.75 Å². The van der Waals surface area contributed by atoms with Gasteiger partial charge in [0, 0.05) is 68.7 Å². The number of rotatable bonds is 5. The van der Waals surface area contributed by atoms with Crippen LogP contribution in [0.5, 0.6) is 5.75 Å². The summed E-state index contributed by atoms with van der Waals surface area (Å²) in [6, 6.07) is 13.8. The van der Waals surface area contributed by atoms with Crippen LogP contribution in [0.25, 0.3) is 22.2 Å². The van der Waals surface area contributed by atoms with Crippen LogP contribution in [0.1, 0.15) is 0 Å². The fraction of sp³-hybridized carbons (Fsp3) is 0.217. The Hall–Kier alpha value is -3.30. The van der Waals surface area contributed by atoms with E-state index in [0.29, 0.717) is 47.0 Å². The lowest BCUT2D eigenvalue weighted by Crippen LogP contribution is -2.39. The van der Waals surface area contributed by atoms with Crippen LogP contribution in [-0.4, -0.2) is 50.9 Å². The number of hydrogen-bond donors (Lipinski definition) is 3. The van der Waals surface area contributed by atoms with E-state index in [0.717, 1.165) is 27.8 Å². The third-order valence-electron chi connectivity index (χ3n) is 5.77. The highest BCUT2D eigenvalue weighted by atomic mass is 35.5. The van der Waals surface area contributed by atoms with Crippen LogP contribution in [0.2, 0.25) is 5.02 Å². The van der Waals surface area contributed by atoms with Gasteiger partial charge in [0.15, 0.2) is 0 Å². The summed E-state index contributed by atoms with van der Waals surface area (Å²) in [6.45, 7) is 1.18. The number of para-hydroxylation sites is 1. The highest BCUT2D eigenvalue weighted by molar-refractivity contribution is 7.92.